The van der Waals surface area contributed by atoms with Crippen LogP contribution in [0.2, 0.25) is 0 Å². The van der Waals surface area contributed by atoms with Crippen LogP contribution in [-0.4, -0.2) is 28.7 Å². The van der Waals surface area contributed by atoms with Gasteiger partial charge in [-0.1, -0.05) is 39.0 Å². The summed E-state index contributed by atoms with van der Waals surface area (Å²) >= 11 is 0. The maximum atomic E-state index is 12.8. The molecule has 0 fully saturated rings. The Kier molecular flexibility index (Phi) is 4.80. The summed E-state index contributed by atoms with van der Waals surface area (Å²) in [6.07, 6.45) is 1.56. The number of amides is 1. The maximum absolute atomic E-state index is 12.8. The summed E-state index contributed by atoms with van der Waals surface area (Å²) in [6.45, 7) is 6.39. The average Bonchev–Trinajstić information content (AvgIpc) is 3.35. The number of hydrogen-bond donors (Lipinski definition) is 1. The van der Waals surface area contributed by atoms with Crippen LogP contribution < -0.4 is 14.9 Å². The number of aromatic nitrogens is 2. The molecule has 2 aromatic carbocycles. The third kappa shape index (κ3) is 3.99. The van der Waals surface area contributed by atoms with Crippen LogP contribution >= 0.6 is 0 Å². The van der Waals surface area contributed by atoms with Crippen molar-refractivity contribution in [3.63, 3.8) is 0 Å². The quantitative estimate of drug-likeness (QED) is 0.545. The molecule has 0 saturated heterocycles. The van der Waals surface area contributed by atoms with Gasteiger partial charge in [0.2, 0.25) is 6.79 Å². The van der Waals surface area contributed by atoms with Crippen molar-refractivity contribution in [2.45, 2.75) is 26.2 Å². The molecule has 1 N–H and O–H groups in total. The number of rotatable bonds is 4. The van der Waals surface area contributed by atoms with Crippen molar-refractivity contribution < 1.29 is 14.3 Å². The van der Waals surface area contributed by atoms with Crippen molar-refractivity contribution in [3.05, 3.63) is 71.5 Å². The fraction of sp³-hybridized carbons (Fsp3) is 0.227. The zero-order valence-electron chi connectivity index (χ0n) is 16.5. The van der Waals surface area contributed by atoms with Crippen LogP contribution in [0.3, 0.4) is 0 Å². The van der Waals surface area contributed by atoms with Gasteiger partial charge in [-0.2, -0.15) is 10.2 Å². The molecule has 7 nitrogen and oxygen atoms in total. The predicted octanol–water partition coefficient (Wildman–Crippen LogP) is 3.66. The molecular formula is C22H22N4O3. The number of nitrogens with one attached hydrogen (secondary N) is 1. The monoisotopic (exact) mass is 390 g/mol. The first kappa shape index (κ1) is 18.7. The minimum atomic E-state index is -0.339. The van der Waals surface area contributed by atoms with Crippen LogP contribution in [-0.2, 0) is 5.41 Å². The number of carbonyl (C=O) groups excluding carboxylic acids is 1. The summed E-state index contributed by atoms with van der Waals surface area (Å²) in [7, 11) is 0. The van der Waals surface area contributed by atoms with Crippen LogP contribution in [0, 0.1) is 0 Å². The van der Waals surface area contributed by atoms with Gasteiger partial charge in [-0.3, -0.25) is 4.79 Å². The first-order valence-electron chi connectivity index (χ1n) is 9.31. The first-order chi connectivity index (χ1) is 13.9. The normalized spacial score (nSPS) is 13.1. The van der Waals surface area contributed by atoms with Gasteiger partial charge in [0.25, 0.3) is 5.91 Å². The lowest BCUT2D eigenvalue weighted by atomic mass is 9.92. The van der Waals surface area contributed by atoms with Crippen LogP contribution in [0.4, 0.5) is 0 Å². The summed E-state index contributed by atoms with van der Waals surface area (Å²) in [5.41, 5.74) is 5.25. The van der Waals surface area contributed by atoms with E-state index in [0.717, 1.165) is 16.9 Å². The highest BCUT2D eigenvalue weighted by Gasteiger charge is 2.23. The van der Waals surface area contributed by atoms with Gasteiger partial charge in [0, 0.05) is 5.41 Å². The van der Waals surface area contributed by atoms with Gasteiger partial charge >= 0.3 is 0 Å². The van der Waals surface area contributed by atoms with Crippen molar-refractivity contribution in [2.24, 2.45) is 5.10 Å². The van der Waals surface area contributed by atoms with E-state index >= 15 is 0 Å². The molecule has 4 rings (SSSR count). The summed E-state index contributed by atoms with van der Waals surface area (Å²) in [4.78, 5) is 12.8. The second kappa shape index (κ2) is 7.43. The topological polar surface area (TPSA) is 77.7 Å². The fourth-order valence-corrected chi connectivity index (χ4v) is 2.89. The average molecular weight is 390 g/mol. The molecule has 0 spiro atoms. The lowest BCUT2D eigenvalue weighted by Gasteiger charge is -2.14. The number of carbonyl (C=O) groups is 1. The van der Waals surface area contributed by atoms with Crippen LogP contribution in [0.15, 0.2) is 59.7 Å². The molecule has 1 aromatic heterocycles. The Morgan fingerprint density at radius 1 is 1.10 bits per heavy atom. The van der Waals surface area contributed by atoms with Gasteiger partial charge in [-0.05, 0) is 42.0 Å². The molecule has 3 aromatic rings. The molecule has 0 aliphatic carbocycles. The van der Waals surface area contributed by atoms with Gasteiger partial charge in [0.15, 0.2) is 11.5 Å². The second-order valence-electron chi connectivity index (χ2n) is 7.72. The van der Waals surface area contributed by atoms with Crippen molar-refractivity contribution in [1.29, 1.82) is 0 Å². The number of nitrogens with zero attached hydrogens (tertiary/aromatic N) is 3. The standard InChI is InChI=1S/C22H22N4O3/c1-22(2,3)20-12-17(26(25-20)16-7-5-4-6-8-16)21(27)24-23-13-15-9-10-18-19(11-15)29-14-28-18/h4-13H,14H2,1-3H3,(H,24,27)/b23-13+. The lowest BCUT2D eigenvalue weighted by molar-refractivity contribution is 0.0947. The second-order valence-corrected chi connectivity index (χ2v) is 7.72. The Morgan fingerprint density at radius 3 is 2.62 bits per heavy atom. The van der Waals surface area contributed by atoms with Crippen molar-refractivity contribution >= 4 is 12.1 Å². The zero-order chi connectivity index (χ0) is 20.4. The smallest absolute Gasteiger partial charge is 0.290 e. The van der Waals surface area contributed by atoms with Gasteiger partial charge in [-0.15, -0.1) is 0 Å². The van der Waals surface area contributed by atoms with Crippen LogP contribution in [0.1, 0.15) is 42.5 Å². The van der Waals surface area contributed by atoms with E-state index in [2.05, 4.69) is 36.4 Å². The van der Waals surface area contributed by atoms with E-state index in [1.54, 1.807) is 17.0 Å². The van der Waals surface area contributed by atoms with Gasteiger partial charge < -0.3 is 9.47 Å². The minimum Gasteiger partial charge on any atom is -0.454 e. The molecule has 0 radical (unpaired) electrons. The summed E-state index contributed by atoms with van der Waals surface area (Å²) in [6, 6.07) is 16.8. The highest BCUT2D eigenvalue weighted by atomic mass is 16.7. The molecule has 1 aliphatic rings. The van der Waals surface area contributed by atoms with Crippen LogP contribution in [0.25, 0.3) is 5.69 Å². The lowest BCUT2D eigenvalue weighted by Crippen LogP contribution is -2.21. The Bertz CT molecular complexity index is 1070. The molecule has 0 saturated carbocycles. The van der Waals surface area contributed by atoms with Crippen LogP contribution in [0.5, 0.6) is 11.5 Å². The Hall–Kier alpha value is -3.61. The Balaban J connectivity index is 1.57. The number of fused-ring (bicyclic) bond motifs is 1. The summed E-state index contributed by atoms with van der Waals surface area (Å²) in [5.74, 6) is 1.03. The highest BCUT2D eigenvalue weighted by molar-refractivity contribution is 5.94. The molecule has 2 heterocycles. The van der Waals surface area contributed by atoms with E-state index in [4.69, 9.17) is 9.47 Å². The Labute approximate surface area is 169 Å². The fourth-order valence-electron chi connectivity index (χ4n) is 2.89. The molecule has 148 valence electrons. The van der Waals surface area contributed by atoms with E-state index in [-0.39, 0.29) is 18.1 Å². The highest BCUT2D eigenvalue weighted by Crippen LogP contribution is 2.32. The molecule has 0 bridgehead atoms. The molecule has 29 heavy (non-hydrogen) atoms. The molecule has 0 atom stereocenters. The summed E-state index contributed by atoms with van der Waals surface area (Å²) in [5, 5.41) is 8.74. The minimum absolute atomic E-state index is 0.190. The van der Waals surface area contributed by atoms with Gasteiger partial charge in [-0.25, -0.2) is 10.1 Å². The Morgan fingerprint density at radius 2 is 1.86 bits per heavy atom. The molecule has 0 unspecified atom stereocenters. The maximum Gasteiger partial charge on any atom is 0.290 e. The number of hydrogen-bond acceptors (Lipinski definition) is 5. The SMILES string of the molecule is CC(C)(C)c1cc(C(=O)N/N=C/c2ccc3c(c2)OCO3)n(-c2ccccc2)n1. The molecule has 7 heteroatoms. The number of benzene rings is 2. The van der Waals surface area contributed by atoms with Crippen molar-refractivity contribution in [3.8, 4) is 17.2 Å². The third-order valence-corrected chi connectivity index (χ3v) is 4.49. The third-order valence-electron chi connectivity index (χ3n) is 4.49. The van der Waals surface area contributed by atoms with Crippen molar-refractivity contribution in [2.75, 3.05) is 6.79 Å². The number of ether oxygens (including phenoxy) is 2. The van der Waals surface area contributed by atoms with Gasteiger partial charge in [0.05, 0.1) is 17.6 Å². The largest absolute Gasteiger partial charge is 0.454 e. The van der Waals surface area contributed by atoms with E-state index < -0.39 is 0 Å². The molecular weight excluding hydrogens is 368 g/mol. The first-order valence-corrected chi connectivity index (χ1v) is 9.31. The number of para-hydroxylation sites is 1. The van der Waals surface area contributed by atoms with Crippen molar-refractivity contribution in [1.82, 2.24) is 15.2 Å². The molecule has 1 aliphatic heterocycles. The zero-order valence-corrected chi connectivity index (χ0v) is 16.5. The predicted molar refractivity (Wildman–Crippen MR) is 110 cm³/mol. The number of hydrazone groups is 1. The van der Waals surface area contributed by atoms with E-state index in [0.29, 0.717) is 17.2 Å². The van der Waals surface area contributed by atoms with E-state index in [1.807, 2.05) is 48.5 Å². The van der Waals surface area contributed by atoms with E-state index in [9.17, 15) is 4.79 Å². The summed E-state index contributed by atoms with van der Waals surface area (Å²) < 4.78 is 12.3. The molecule has 1 amide bonds. The van der Waals surface area contributed by atoms with E-state index in [1.165, 1.54) is 0 Å². The van der Waals surface area contributed by atoms with Gasteiger partial charge in [0.1, 0.15) is 5.69 Å².